The first-order valence-electron chi connectivity index (χ1n) is 8.24. The summed E-state index contributed by atoms with van der Waals surface area (Å²) in [4.78, 5) is 2.65. The van der Waals surface area contributed by atoms with Crippen LogP contribution in [0.25, 0.3) is 0 Å². The molecule has 114 valence electrons. The fraction of sp³-hybridized carbons (Fsp3) is 1.00. The molecule has 1 fully saturated rings. The molecule has 1 rings (SSSR count). The van der Waals surface area contributed by atoms with Gasteiger partial charge in [-0.2, -0.15) is 0 Å². The van der Waals surface area contributed by atoms with Crippen LogP contribution in [0.1, 0.15) is 53.4 Å². The third kappa shape index (κ3) is 6.24. The van der Waals surface area contributed by atoms with Crippen LogP contribution in [0.5, 0.6) is 0 Å². The molecule has 1 saturated heterocycles. The zero-order chi connectivity index (χ0) is 14.1. The summed E-state index contributed by atoms with van der Waals surface area (Å²) < 4.78 is 5.74. The summed E-state index contributed by atoms with van der Waals surface area (Å²) in [6.07, 6.45) is 4.97. The number of hydrogen-bond donors (Lipinski definition) is 1. The molecule has 0 bridgehead atoms. The lowest BCUT2D eigenvalue weighted by Gasteiger charge is -2.42. The fourth-order valence-electron chi connectivity index (χ4n) is 2.89. The second-order valence-corrected chi connectivity index (χ2v) is 6.17. The van der Waals surface area contributed by atoms with Gasteiger partial charge in [0.15, 0.2) is 0 Å². The first-order chi connectivity index (χ1) is 9.19. The molecule has 0 amide bonds. The van der Waals surface area contributed by atoms with Crippen molar-refractivity contribution in [3.8, 4) is 0 Å². The average Bonchev–Trinajstić information content (AvgIpc) is 2.39. The van der Waals surface area contributed by atoms with Gasteiger partial charge < -0.3 is 10.1 Å². The smallest absolute Gasteiger partial charge is 0.0593 e. The van der Waals surface area contributed by atoms with Crippen molar-refractivity contribution in [2.45, 2.75) is 65.5 Å². The van der Waals surface area contributed by atoms with Crippen LogP contribution in [0.2, 0.25) is 0 Å². The first kappa shape index (κ1) is 16.9. The van der Waals surface area contributed by atoms with Gasteiger partial charge in [-0.25, -0.2) is 0 Å². The van der Waals surface area contributed by atoms with Crippen molar-refractivity contribution >= 4 is 0 Å². The second-order valence-electron chi connectivity index (χ2n) is 6.17. The van der Waals surface area contributed by atoms with E-state index in [1.54, 1.807) is 0 Å². The molecule has 1 heterocycles. The maximum atomic E-state index is 5.74. The van der Waals surface area contributed by atoms with Crippen LogP contribution in [0.15, 0.2) is 0 Å². The molecule has 0 saturated carbocycles. The molecule has 1 aliphatic rings. The van der Waals surface area contributed by atoms with Crippen molar-refractivity contribution in [3.63, 3.8) is 0 Å². The number of nitrogens with one attached hydrogen (secondary N) is 1. The summed E-state index contributed by atoms with van der Waals surface area (Å²) in [5.74, 6) is 0.714. The van der Waals surface area contributed by atoms with Crippen LogP contribution in [-0.4, -0.2) is 49.8 Å². The molecule has 19 heavy (non-hydrogen) atoms. The monoisotopic (exact) mass is 270 g/mol. The van der Waals surface area contributed by atoms with Crippen molar-refractivity contribution in [3.05, 3.63) is 0 Å². The Labute approximate surface area is 120 Å². The molecule has 0 spiro atoms. The Kier molecular flexibility index (Phi) is 8.67. The van der Waals surface area contributed by atoms with Crippen LogP contribution in [0.3, 0.4) is 0 Å². The van der Waals surface area contributed by atoms with Gasteiger partial charge in [0, 0.05) is 38.3 Å². The van der Waals surface area contributed by atoms with E-state index in [4.69, 9.17) is 4.74 Å². The van der Waals surface area contributed by atoms with E-state index in [1.165, 1.54) is 32.2 Å². The zero-order valence-corrected chi connectivity index (χ0v) is 13.5. The standard InChI is InChI=1S/C16H34N2O/c1-5-7-10-19-11-9-18-13-15(8-6-2)17-12-16(18)14(3)4/h14-17H,5-13H2,1-4H3. The predicted molar refractivity (Wildman–Crippen MR) is 82.6 cm³/mol. The Balaban J connectivity index is 2.34. The van der Waals surface area contributed by atoms with Crippen LogP contribution in [-0.2, 0) is 4.74 Å². The van der Waals surface area contributed by atoms with E-state index in [2.05, 4.69) is 37.9 Å². The fourth-order valence-corrected chi connectivity index (χ4v) is 2.89. The Bertz CT molecular complexity index is 221. The maximum Gasteiger partial charge on any atom is 0.0593 e. The van der Waals surface area contributed by atoms with E-state index in [9.17, 15) is 0 Å². The van der Waals surface area contributed by atoms with E-state index in [-0.39, 0.29) is 0 Å². The van der Waals surface area contributed by atoms with E-state index in [1.807, 2.05) is 0 Å². The van der Waals surface area contributed by atoms with Gasteiger partial charge in [-0.05, 0) is 18.8 Å². The highest BCUT2D eigenvalue weighted by molar-refractivity contribution is 4.87. The highest BCUT2D eigenvalue weighted by Crippen LogP contribution is 2.16. The number of rotatable bonds is 9. The molecule has 2 atom stereocenters. The van der Waals surface area contributed by atoms with Crippen molar-refractivity contribution in [1.29, 1.82) is 0 Å². The van der Waals surface area contributed by atoms with Crippen molar-refractivity contribution in [2.75, 3.05) is 32.8 Å². The summed E-state index contributed by atoms with van der Waals surface area (Å²) in [5, 5.41) is 3.71. The highest BCUT2D eigenvalue weighted by Gasteiger charge is 2.28. The lowest BCUT2D eigenvalue weighted by molar-refractivity contribution is 0.0483. The van der Waals surface area contributed by atoms with Gasteiger partial charge in [-0.1, -0.05) is 40.5 Å². The number of piperazine rings is 1. The number of hydrogen-bond acceptors (Lipinski definition) is 3. The summed E-state index contributed by atoms with van der Waals surface area (Å²) in [5.41, 5.74) is 0. The minimum absolute atomic E-state index is 0.669. The van der Waals surface area contributed by atoms with Crippen LogP contribution < -0.4 is 5.32 Å². The normalized spacial score (nSPS) is 25.1. The van der Waals surface area contributed by atoms with Crippen LogP contribution in [0.4, 0.5) is 0 Å². The van der Waals surface area contributed by atoms with Gasteiger partial charge in [0.25, 0.3) is 0 Å². The Morgan fingerprint density at radius 3 is 2.63 bits per heavy atom. The molecule has 2 unspecified atom stereocenters. The molecule has 3 nitrogen and oxygen atoms in total. The molecule has 0 aliphatic carbocycles. The van der Waals surface area contributed by atoms with Crippen LogP contribution in [0, 0.1) is 5.92 Å². The molecule has 1 aliphatic heterocycles. The van der Waals surface area contributed by atoms with Crippen molar-refractivity contribution < 1.29 is 4.74 Å². The van der Waals surface area contributed by atoms with E-state index in [0.29, 0.717) is 18.0 Å². The highest BCUT2D eigenvalue weighted by atomic mass is 16.5. The molecule has 1 N–H and O–H groups in total. The average molecular weight is 270 g/mol. The quantitative estimate of drug-likeness (QED) is 0.652. The minimum atomic E-state index is 0.669. The van der Waals surface area contributed by atoms with Gasteiger partial charge in [-0.15, -0.1) is 0 Å². The lowest BCUT2D eigenvalue weighted by atomic mass is 9.97. The van der Waals surface area contributed by atoms with E-state index < -0.39 is 0 Å². The predicted octanol–water partition coefficient (Wildman–Crippen LogP) is 2.90. The van der Waals surface area contributed by atoms with Gasteiger partial charge in [0.2, 0.25) is 0 Å². The second kappa shape index (κ2) is 9.73. The SMILES string of the molecule is CCCCOCCN1CC(CCC)NCC1C(C)C. The summed E-state index contributed by atoms with van der Waals surface area (Å²) >= 11 is 0. The Hall–Kier alpha value is -0.120. The summed E-state index contributed by atoms with van der Waals surface area (Å²) in [6.45, 7) is 14.4. The molecule has 0 aromatic carbocycles. The van der Waals surface area contributed by atoms with Crippen LogP contribution >= 0.6 is 0 Å². The zero-order valence-electron chi connectivity index (χ0n) is 13.5. The van der Waals surface area contributed by atoms with E-state index >= 15 is 0 Å². The van der Waals surface area contributed by atoms with Gasteiger partial charge in [-0.3, -0.25) is 4.90 Å². The third-order valence-corrected chi connectivity index (χ3v) is 4.11. The molecular formula is C16H34N2O. The third-order valence-electron chi connectivity index (χ3n) is 4.11. The topological polar surface area (TPSA) is 24.5 Å². The Morgan fingerprint density at radius 1 is 1.21 bits per heavy atom. The maximum absolute atomic E-state index is 5.74. The molecule has 0 aromatic rings. The number of unbranched alkanes of at least 4 members (excludes halogenated alkanes) is 1. The van der Waals surface area contributed by atoms with Crippen molar-refractivity contribution in [2.24, 2.45) is 5.92 Å². The molecule has 3 heteroatoms. The number of ether oxygens (including phenoxy) is 1. The van der Waals surface area contributed by atoms with Crippen molar-refractivity contribution in [1.82, 2.24) is 10.2 Å². The van der Waals surface area contributed by atoms with E-state index in [0.717, 1.165) is 26.3 Å². The molecule has 0 radical (unpaired) electrons. The summed E-state index contributed by atoms with van der Waals surface area (Å²) in [7, 11) is 0. The number of nitrogens with zero attached hydrogens (tertiary/aromatic N) is 1. The minimum Gasteiger partial charge on any atom is -0.380 e. The molecular weight excluding hydrogens is 236 g/mol. The first-order valence-corrected chi connectivity index (χ1v) is 8.24. The Morgan fingerprint density at radius 2 is 2.00 bits per heavy atom. The van der Waals surface area contributed by atoms with Gasteiger partial charge in [0.05, 0.1) is 6.61 Å². The van der Waals surface area contributed by atoms with Gasteiger partial charge >= 0.3 is 0 Å². The summed E-state index contributed by atoms with van der Waals surface area (Å²) in [6, 6.07) is 1.35. The largest absolute Gasteiger partial charge is 0.380 e. The van der Waals surface area contributed by atoms with Gasteiger partial charge in [0.1, 0.15) is 0 Å². The lowest BCUT2D eigenvalue weighted by Crippen LogP contribution is -2.58. The molecule has 0 aromatic heterocycles.